The van der Waals surface area contributed by atoms with E-state index < -0.39 is 0 Å². The third-order valence-corrected chi connectivity index (χ3v) is 4.71. The molecule has 2 unspecified atom stereocenters. The lowest BCUT2D eigenvalue weighted by Crippen LogP contribution is -2.48. The second kappa shape index (κ2) is 7.49. The molecule has 3 rings (SSSR count). The quantitative estimate of drug-likeness (QED) is 0.940. The van der Waals surface area contributed by atoms with Crippen molar-refractivity contribution in [2.45, 2.75) is 18.4 Å². The van der Waals surface area contributed by atoms with E-state index in [1.54, 1.807) is 19.2 Å². The fraction of sp³-hybridized carbons (Fsp3) is 0.350. The highest BCUT2D eigenvalue weighted by Gasteiger charge is 2.30. The van der Waals surface area contributed by atoms with Gasteiger partial charge in [0.1, 0.15) is 5.75 Å². The molecule has 0 aliphatic carbocycles. The summed E-state index contributed by atoms with van der Waals surface area (Å²) in [6.45, 7) is 1.95. The SMILES string of the molecule is COc1ccc(C(=O)NC2CCN(C)CC2c2ccccc2)cc1. The van der Waals surface area contributed by atoms with Crippen LogP contribution in [0.3, 0.4) is 0 Å². The van der Waals surface area contributed by atoms with Crippen molar-refractivity contribution >= 4 is 5.91 Å². The van der Waals surface area contributed by atoms with Crippen molar-refractivity contribution in [3.05, 3.63) is 65.7 Å². The zero-order chi connectivity index (χ0) is 16.9. The van der Waals surface area contributed by atoms with Crippen LogP contribution >= 0.6 is 0 Å². The number of ether oxygens (including phenoxy) is 1. The van der Waals surface area contributed by atoms with Crippen LogP contribution in [0.4, 0.5) is 0 Å². The first-order valence-corrected chi connectivity index (χ1v) is 8.36. The molecular formula is C20H24N2O2. The van der Waals surface area contributed by atoms with E-state index in [1.165, 1.54) is 5.56 Å². The first kappa shape index (κ1) is 16.5. The molecule has 0 bridgehead atoms. The Morgan fingerprint density at radius 2 is 1.83 bits per heavy atom. The average Bonchev–Trinajstić information content (AvgIpc) is 2.64. The van der Waals surface area contributed by atoms with Gasteiger partial charge in [0, 0.05) is 24.1 Å². The summed E-state index contributed by atoms with van der Waals surface area (Å²) in [5.41, 5.74) is 1.95. The number of carbonyl (C=O) groups excluding carboxylic acids is 1. The third kappa shape index (κ3) is 3.77. The average molecular weight is 324 g/mol. The summed E-state index contributed by atoms with van der Waals surface area (Å²) in [5, 5.41) is 3.24. The van der Waals surface area contributed by atoms with Crippen molar-refractivity contribution in [3.8, 4) is 5.75 Å². The van der Waals surface area contributed by atoms with Crippen molar-refractivity contribution in [3.63, 3.8) is 0 Å². The minimum Gasteiger partial charge on any atom is -0.497 e. The second-order valence-electron chi connectivity index (χ2n) is 6.38. The largest absolute Gasteiger partial charge is 0.497 e. The summed E-state index contributed by atoms with van der Waals surface area (Å²) in [6, 6.07) is 17.8. The minimum atomic E-state index is -0.0202. The number of amides is 1. The topological polar surface area (TPSA) is 41.6 Å². The second-order valence-corrected chi connectivity index (χ2v) is 6.38. The molecule has 1 amide bonds. The first-order chi connectivity index (χ1) is 11.7. The highest BCUT2D eigenvalue weighted by atomic mass is 16.5. The molecule has 0 aromatic heterocycles. The minimum absolute atomic E-state index is 0.0202. The molecular weight excluding hydrogens is 300 g/mol. The van der Waals surface area contributed by atoms with E-state index in [0.29, 0.717) is 11.5 Å². The Balaban J connectivity index is 1.74. The lowest BCUT2D eigenvalue weighted by atomic mass is 9.86. The standard InChI is InChI=1S/C20H24N2O2/c1-22-13-12-19(18(14-22)15-6-4-3-5-7-15)21-20(23)16-8-10-17(24-2)11-9-16/h3-11,18-19H,12-14H2,1-2H3,(H,21,23). The number of piperidine rings is 1. The Kier molecular flexibility index (Phi) is 5.16. The Labute approximate surface area is 143 Å². The van der Waals surface area contributed by atoms with Crippen LogP contribution in [0, 0.1) is 0 Å². The van der Waals surface area contributed by atoms with Crippen molar-refractivity contribution < 1.29 is 9.53 Å². The molecule has 1 saturated heterocycles. The van der Waals surface area contributed by atoms with Crippen LogP contribution < -0.4 is 10.1 Å². The van der Waals surface area contributed by atoms with Gasteiger partial charge in [0.2, 0.25) is 0 Å². The van der Waals surface area contributed by atoms with E-state index in [4.69, 9.17) is 4.74 Å². The number of hydrogen-bond donors (Lipinski definition) is 1. The maximum atomic E-state index is 12.6. The normalized spacial score (nSPS) is 21.2. The Morgan fingerprint density at radius 3 is 2.50 bits per heavy atom. The van der Waals surface area contributed by atoms with Crippen LogP contribution in [-0.2, 0) is 0 Å². The van der Waals surface area contributed by atoms with E-state index in [9.17, 15) is 4.79 Å². The van der Waals surface area contributed by atoms with Crippen LogP contribution in [0.1, 0.15) is 28.3 Å². The van der Waals surface area contributed by atoms with Crippen LogP contribution in [0.25, 0.3) is 0 Å². The molecule has 0 radical (unpaired) electrons. The smallest absolute Gasteiger partial charge is 0.251 e. The number of likely N-dealkylation sites (N-methyl/N-ethyl adjacent to an activating group) is 1. The number of hydrogen-bond acceptors (Lipinski definition) is 3. The lowest BCUT2D eigenvalue weighted by Gasteiger charge is -2.37. The van der Waals surface area contributed by atoms with E-state index in [1.807, 2.05) is 18.2 Å². The van der Waals surface area contributed by atoms with Gasteiger partial charge in [0.05, 0.1) is 7.11 Å². The monoisotopic (exact) mass is 324 g/mol. The van der Waals surface area contributed by atoms with E-state index in [2.05, 4.69) is 41.5 Å². The number of rotatable bonds is 4. The van der Waals surface area contributed by atoms with Gasteiger partial charge in [-0.25, -0.2) is 0 Å². The summed E-state index contributed by atoms with van der Waals surface area (Å²) in [7, 11) is 3.76. The highest BCUT2D eigenvalue weighted by molar-refractivity contribution is 5.94. The molecule has 2 atom stereocenters. The number of benzene rings is 2. The Bertz CT molecular complexity index is 670. The first-order valence-electron chi connectivity index (χ1n) is 8.36. The van der Waals surface area contributed by atoms with Gasteiger partial charge in [-0.2, -0.15) is 0 Å². The van der Waals surface area contributed by atoms with E-state index in [-0.39, 0.29) is 11.9 Å². The van der Waals surface area contributed by atoms with Gasteiger partial charge >= 0.3 is 0 Å². The molecule has 24 heavy (non-hydrogen) atoms. The molecule has 1 heterocycles. The van der Waals surface area contributed by atoms with Gasteiger partial charge in [-0.05, 0) is 49.8 Å². The number of methoxy groups -OCH3 is 1. The van der Waals surface area contributed by atoms with Crippen molar-refractivity contribution in [2.75, 3.05) is 27.2 Å². The molecule has 126 valence electrons. The summed E-state index contributed by atoms with van der Waals surface area (Å²) in [6.07, 6.45) is 0.956. The van der Waals surface area contributed by atoms with Crippen LogP contribution in [0.15, 0.2) is 54.6 Å². The molecule has 0 saturated carbocycles. The molecule has 4 heteroatoms. The maximum Gasteiger partial charge on any atom is 0.251 e. The van der Waals surface area contributed by atoms with E-state index in [0.717, 1.165) is 25.3 Å². The molecule has 4 nitrogen and oxygen atoms in total. The van der Waals surface area contributed by atoms with Crippen molar-refractivity contribution in [1.29, 1.82) is 0 Å². The van der Waals surface area contributed by atoms with Gasteiger partial charge in [-0.1, -0.05) is 30.3 Å². The number of carbonyl (C=O) groups is 1. The molecule has 2 aromatic rings. The highest BCUT2D eigenvalue weighted by Crippen LogP contribution is 2.27. The number of likely N-dealkylation sites (tertiary alicyclic amines) is 1. The van der Waals surface area contributed by atoms with Crippen molar-refractivity contribution in [1.82, 2.24) is 10.2 Å². The number of nitrogens with zero attached hydrogens (tertiary/aromatic N) is 1. The van der Waals surface area contributed by atoms with Crippen LogP contribution in [0.2, 0.25) is 0 Å². The lowest BCUT2D eigenvalue weighted by molar-refractivity contribution is 0.0904. The summed E-state index contributed by atoms with van der Waals surface area (Å²) in [4.78, 5) is 14.9. The molecule has 1 aliphatic heterocycles. The third-order valence-electron chi connectivity index (χ3n) is 4.71. The zero-order valence-corrected chi connectivity index (χ0v) is 14.2. The van der Waals surface area contributed by atoms with Crippen molar-refractivity contribution in [2.24, 2.45) is 0 Å². The molecule has 1 aliphatic rings. The maximum absolute atomic E-state index is 12.6. The van der Waals surface area contributed by atoms with Gasteiger partial charge in [-0.15, -0.1) is 0 Å². The molecule has 0 spiro atoms. The van der Waals surface area contributed by atoms with Gasteiger partial charge in [0.25, 0.3) is 5.91 Å². The summed E-state index contributed by atoms with van der Waals surface area (Å²) in [5.74, 6) is 1.05. The Morgan fingerprint density at radius 1 is 1.12 bits per heavy atom. The molecule has 1 N–H and O–H groups in total. The zero-order valence-electron chi connectivity index (χ0n) is 14.2. The van der Waals surface area contributed by atoms with Crippen LogP contribution in [-0.4, -0.2) is 44.1 Å². The Hall–Kier alpha value is -2.33. The fourth-order valence-corrected chi connectivity index (χ4v) is 3.32. The predicted octanol–water partition coefficient (Wildman–Crippen LogP) is 2.91. The summed E-state index contributed by atoms with van der Waals surface area (Å²) >= 11 is 0. The molecule has 1 fully saturated rings. The van der Waals surface area contributed by atoms with Gasteiger partial charge in [-0.3, -0.25) is 4.79 Å². The number of nitrogens with one attached hydrogen (secondary N) is 1. The summed E-state index contributed by atoms with van der Waals surface area (Å²) < 4.78 is 5.15. The fourth-order valence-electron chi connectivity index (χ4n) is 3.32. The predicted molar refractivity (Wildman–Crippen MR) is 95.5 cm³/mol. The van der Waals surface area contributed by atoms with Gasteiger partial charge in [0.15, 0.2) is 0 Å². The van der Waals surface area contributed by atoms with Crippen LogP contribution in [0.5, 0.6) is 5.75 Å². The van der Waals surface area contributed by atoms with Gasteiger partial charge < -0.3 is 15.0 Å². The molecule has 2 aromatic carbocycles. The van der Waals surface area contributed by atoms with E-state index >= 15 is 0 Å².